The first-order valence-electron chi connectivity index (χ1n) is 3.19. The van der Waals surface area contributed by atoms with Gasteiger partial charge < -0.3 is 5.11 Å². The molecule has 73 valence electrons. The maximum Gasteiger partial charge on any atom is 0.267 e. The van der Waals surface area contributed by atoms with Gasteiger partial charge in [-0.1, -0.05) is 0 Å². The molecule has 0 saturated carbocycles. The van der Waals surface area contributed by atoms with Crippen LogP contribution in [0.1, 0.15) is 13.8 Å². The van der Waals surface area contributed by atoms with Gasteiger partial charge in [-0.05, 0) is 19.9 Å². The van der Waals surface area contributed by atoms with E-state index < -0.39 is 22.0 Å². The summed E-state index contributed by atoms with van der Waals surface area (Å²) in [5.74, 6) is -0.590. The SMILES string of the molecule is CC(O)CS(=O)(=O)O.CC=C[O]. The second-order valence-corrected chi connectivity index (χ2v) is 3.56. The number of rotatable bonds is 2. The van der Waals surface area contributed by atoms with E-state index in [-0.39, 0.29) is 0 Å². The quantitative estimate of drug-likeness (QED) is 0.488. The van der Waals surface area contributed by atoms with E-state index >= 15 is 0 Å². The van der Waals surface area contributed by atoms with Gasteiger partial charge in [-0.25, -0.2) is 0 Å². The molecule has 0 aromatic rings. The van der Waals surface area contributed by atoms with Crippen molar-refractivity contribution in [1.29, 1.82) is 0 Å². The van der Waals surface area contributed by atoms with Crippen molar-refractivity contribution in [2.45, 2.75) is 20.0 Å². The number of hydrogen-bond donors (Lipinski definition) is 2. The molecular formula is C6H13O5S. The van der Waals surface area contributed by atoms with Gasteiger partial charge in [0.25, 0.3) is 10.1 Å². The van der Waals surface area contributed by atoms with Crippen LogP contribution in [0.4, 0.5) is 0 Å². The second-order valence-electron chi connectivity index (χ2n) is 2.07. The Morgan fingerprint density at radius 1 is 1.50 bits per heavy atom. The largest absolute Gasteiger partial charge is 0.392 e. The molecule has 1 atom stereocenters. The van der Waals surface area contributed by atoms with Gasteiger partial charge >= 0.3 is 0 Å². The standard InChI is InChI=1S/C3H8O4S.C3H5O/c1-3(4)2-8(5,6)7;1-2-3-4/h3-4H,2H2,1H3,(H,5,6,7);2-3H,1H3. The van der Waals surface area contributed by atoms with Crippen LogP contribution < -0.4 is 0 Å². The summed E-state index contributed by atoms with van der Waals surface area (Å²) in [6.45, 7) is 2.97. The van der Waals surface area contributed by atoms with Crippen molar-refractivity contribution in [3.63, 3.8) is 0 Å². The molecule has 0 fully saturated rings. The van der Waals surface area contributed by atoms with Crippen molar-refractivity contribution in [1.82, 2.24) is 0 Å². The fourth-order valence-corrected chi connectivity index (χ4v) is 0.914. The van der Waals surface area contributed by atoms with Crippen molar-refractivity contribution in [2.24, 2.45) is 0 Å². The molecule has 2 N–H and O–H groups in total. The predicted octanol–water partition coefficient (Wildman–Crippen LogP) is 0.206. The lowest BCUT2D eigenvalue weighted by Crippen LogP contribution is -2.16. The maximum absolute atomic E-state index is 9.84. The summed E-state index contributed by atoms with van der Waals surface area (Å²) in [5, 5.41) is 17.5. The van der Waals surface area contributed by atoms with Crippen molar-refractivity contribution in [2.75, 3.05) is 5.75 Å². The lowest BCUT2D eigenvalue weighted by molar-refractivity contribution is 0.215. The zero-order valence-corrected chi connectivity index (χ0v) is 7.78. The molecule has 0 rings (SSSR count). The molecule has 0 spiro atoms. The van der Waals surface area contributed by atoms with E-state index in [9.17, 15) is 8.42 Å². The third-order valence-electron chi connectivity index (χ3n) is 0.588. The first kappa shape index (κ1) is 14.0. The highest BCUT2D eigenvalue weighted by Gasteiger charge is 2.07. The first-order valence-corrected chi connectivity index (χ1v) is 4.80. The Labute approximate surface area is 72.1 Å². The summed E-state index contributed by atoms with van der Waals surface area (Å²) < 4.78 is 27.7. The van der Waals surface area contributed by atoms with Gasteiger partial charge in [-0.2, -0.15) is 8.42 Å². The third-order valence-corrected chi connectivity index (χ3v) is 1.49. The molecule has 0 amide bonds. The van der Waals surface area contributed by atoms with Crippen molar-refractivity contribution in [3.8, 4) is 0 Å². The van der Waals surface area contributed by atoms with Crippen LogP contribution in [0.15, 0.2) is 12.3 Å². The van der Waals surface area contributed by atoms with Crippen LogP contribution in [-0.4, -0.2) is 29.9 Å². The predicted molar refractivity (Wildman–Crippen MR) is 43.6 cm³/mol. The van der Waals surface area contributed by atoms with Gasteiger partial charge in [0.05, 0.1) is 6.10 Å². The van der Waals surface area contributed by atoms with E-state index in [4.69, 9.17) is 14.8 Å². The number of hydrogen-bond acceptors (Lipinski definition) is 3. The minimum absolute atomic E-state index is 0.590. The molecular weight excluding hydrogens is 184 g/mol. The van der Waals surface area contributed by atoms with E-state index in [0.717, 1.165) is 6.26 Å². The summed E-state index contributed by atoms with van der Waals surface area (Å²) in [6.07, 6.45) is 1.20. The van der Waals surface area contributed by atoms with Crippen LogP contribution in [0.25, 0.3) is 0 Å². The van der Waals surface area contributed by atoms with Crippen LogP contribution in [0.3, 0.4) is 0 Å². The molecule has 0 bridgehead atoms. The normalized spacial score (nSPS) is 13.7. The Bertz CT molecular complexity index is 200. The average molecular weight is 197 g/mol. The van der Waals surface area contributed by atoms with Gasteiger partial charge in [-0.3, -0.25) is 9.66 Å². The van der Waals surface area contributed by atoms with Gasteiger partial charge in [-0.15, -0.1) is 0 Å². The fourth-order valence-electron chi connectivity index (χ4n) is 0.305. The Kier molecular flexibility index (Phi) is 8.24. The van der Waals surface area contributed by atoms with Crippen LogP contribution in [-0.2, 0) is 15.2 Å². The molecule has 0 aliphatic carbocycles. The Balaban J connectivity index is 0. The van der Waals surface area contributed by atoms with Crippen LogP contribution in [0.2, 0.25) is 0 Å². The summed E-state index contributed by atoms with van der Waals surface area (Å²) in [5.41, 5.74) is 0. The molecule has 0 aromatic carbocycles. The number of allylic oxidation sites excluding steroid dienone is 1. The van der Waals surface area contributed by atoms with Crippen LogP contribution in [0.5, 0.6) is 0 Å². The minimum atomic E-state index is -3.97. The summed E-state index contributed by atoms with van der Waals surface area (Å²) in [6, 6.07) is 0. The number of aliphatic hydroxyl groups excluding tert-OH is 1. The van der Waals surface area contributed by atoms with Crippen molar-refractivity contribution < 1.29 is 23.2 Å². The molecule has 0 aliphatic rings. The molecule has 0 saturated heterocycles. The van der Waals surface area contributed by atoms with Gasteiger partial charge in [0, 0.05) is 0 Å². The Morgan fingerprint density at radius 3 is 1.83 bits per heavy atom. The second kappa shape index (κ2) is 7.08. The van der Waals surface area contributed by atoms with Crippen molar-refractivity contribution in [3.05, 3.63) is 12.3 Å². The number of aliphatic hydroxyl groups is 1. The molecule has 1 unspecified atom stereocenters. The van der Waals surface area contributed by atoms with E-state index in [0.29, 0.717) is 0 Å². The molecule has 5 nitrogen and oxygen atoms in total. The van der Waals surface area contributed by atoms with E-state index in [1.54, 1.807) is 6.92 Å². The van der Waals surface area contributed by atoms with Crippen LogP contribution in [0, 0.1) is 0 Å². The summed E-state index contributed by atoms with van der Waals surface area (Å²) in [4.78, 5) is 0. The molecule has 6 heteroatoms. The highest BCUT2D eigenvalue weighted by atomic mass is 32.2. The topological polar surface area (TPSA) is 94.5 Å². The highest BCUT2D eigenvalue weighted by molar-refractivity contribution is 7.85. The Hall–Kier alpha value is -0.590. The van der Waals surface area contributed by atoms with Crippen molar-refractivity contribution >= 4 is 10.1 Å². The molecule has 0 aromatic heterocycles. The summed E-state index contributed by atoms with van der Waals surface area (Å²) in [7, 11) is -3.97. The van der Waals surface area contributed by atoms with Crippen LogP contribution >= 0.6 is 0 Å². The van der Waals surface area contributed by atoms with E-state index in [1.807, 2.05) is 0 Å². The monoisotopic (exact) mass is 197 g/mol. The highest BCUT2D eigenvalue weighted by Crippen LogP contribution is 1.86. The van der Waals surface area contributed by atoms with Gasteiger partial charge in [0.1, 0.15) is 12.0 Å². The minimum Gasteiger partial charge on any atom is -0.392 e. The molecule has 1 radical (unpaired) electrons. The molecule has 0 aliphatic heterocycles. The molecule has 12 heavy (non-hydrogen) atoms. The zero-order chi connectivity index (χ0) is 10.2. The van der Waals surface area contributed by atoms with Gasteiger partial charge in [0.2, 0.25) is 0 Å². The maximum atomic E-state index is 9.84. The average Bonchev–Trinajstić information content (AvgIpc) is 1.83. The summed E-state index contributed by atoms with van der Waals surface area (Å²) >= 11 is 0. The fraction of sp³-hybridized carbons (Fsp3) is 0.667. The zero-order valence-electron chi connectivity index (χ0n) is 6.97. The first-order chi connectivity index (χ1) is 5.33. The van der Waals surface area contributed by atoms with Gasteiger partial charge in [0.15, 0.2) is 0 Å². The van der Waals surface area contributed by atoms with E-state index in [1.165, 1.54) is 13.0 Å². The Morgan fingerprint density at radius 2 is 1.83 bits per heavy atom. The third kappa shape index (κ3) is 22.7. The molecule has 0 heterocycles. The lowest BCUT2D eigenvalue weighted by atomic mass is 10.5. The lowest BCUT2D eigenvalue weighted by Gasteiger charge is -1.97. The smallest absolute Gasteiger partial charge is 0.267 e. The van der Waals surface area contributed by atoms with E-state index in [2.05, 4.69) is 0 Å².